The molecule has 4 nitrogen and oxygen atoms in total. The van der Waals surface area contributed by atoms with Gasteiger partial charge in [0.2, 0.25) is 0 Å². The van der Waals surface area contributed by atoms with E-state index in [1.165, 1.54) is 36.4 Å². The lowest BCUT2D eigenvalue weighted by Crippen LogP contribution is -2.14. The SMILES string of the molecule is O=C(O)c1cc(NC(=O)c2cccc(Cl)c2F)ccc1Br. The van der Waals surface area contributed by atoms with Crippen molar-refractivity contribution in [1.29, 1.82) is 0 Å². The second-order valence-electron chi connectivity index (χ2n) is 4.06. The van der Waals surface area contributed by atoms with Crippen LogP contribution in [-0.4, -0.2) is 17.0 Å². The summed E-state index contributed by atoms with van der Waals surface area (Å²) < 4.78 is 14.1. The third-order valence-electron chi connectivity index (χ3n) is 2.65. The smallest absolute Gasteiger partial charge is 0.336 e. The van der Waals surface area contributed by atoms with Crippen LogP contribution in [0.5, 0.6) is 0 Å². The van der Waals surface area contributed by atoms with Gasteiger partial charge in [0.1, 0.15) is 0 Å². The Balaban J connectivity index is 2.30. The van der Waals surface area contributed by atoms with E-state index in [1.54, 1.807) is 0 Å². The number of anilines is 1. The van der Waals surface area contributed by atoms with E-state index in [-0.39, 0.29) is 21.8 Å². The van der Waals surface area contributed by atoms with Crippen LogP contribution < -0.4 is 5.32 Å². The second-order valence-corrected chi connectivity index (χ2v) is 5.32. The third-order valence-corrected chi connectivity index (χ3v) is 3.63. The maximum absolute atomic E-state index is 13.7. The normalized spacial score (nSPS) is 10.2. The number of carbonyl (C=O) groups is 2. The lowest BCUT2D eigenvalue weighted by atomic mass is 10.1. The van der Waals surface area contributed by atoms with Crippen molar-refractivity contribution < 1.29 is 19.1 Å². The Morgan fingerprint density at radius 1 is 1.19 bits per heavy atom. The van der Waals surface area contributed by atoms with E-state index in [9.17, 15) is 14.0 Å². The Bertz CT molecular complexity index is 736. The van der Waals surface area contributed by atoms with Gasteiger partial charge in [-0.2, -0.15) is 0 Å². The van der Waals surface area contributed by atoms with Crippen molar-refractivity contribution in [3.8, 4) is 0 Å². The average Bonchev–Trinajstić information content (AvgIpc) is 2.43. The molecule has 2 aromatic carbocycles. The highest BCUT2D eigenvalue weighted by Gasteiger charge is 2.15. The maximum atomic E-state index is 13.7. The van der Waals surface area contributed by atoms with Gasteiger partial charge in [0.15, 0.2) is 5.82 Å². The molecule has 2 rings (SSSR count). The van der Waals surface area contributed by atoms with Crippen molar-refractivity contribution in [3.63, 3.8) is 0 Å². The molecule has 0 fully saturated rings. The minimum atomic E-state index is -1.15. The average molecular weight is 373 g/mol. The van der Waals surface area contributed by atoms with E-state index in [2.05, 4.69) is 21.2 Å². The number of carbonyl (C=O) groups excluding carboxylic acids is 1. The van der Waals surface area contributed by atoms with E-state index in [0.29, 0.717) is 4.47 Å². The quantitative estimate of drug-likeness (QED) is 0.849. The number of rotatable bonds is 3. The van der Waals surface area contributed by atoms with Crippen molar-refractivity contribution in [3.05, 3.63) is 62.8 Å². The molecular weight excluding hydrogens is 365 g/mol. The molecule has 0 aliphatic rings. The molecule has 1 amide bonds. The van der Waals surface area contributed by atoms with Gasteiger partial charge in [-0.15, -0.1) is 0 Å². The van der Waals surface area contributed by atoms with Crippen LogP contribution >= 0.6 is 27.5 Å². The van der Waals surface area contributed by atoms with E-state index in [0.717, 1.165) is 0 Å². The zero-order chi connectivity index (χ0) is 15.6. The van der Waals surface area contributed by atoms with E-state index >= 15 is 0 Å². The molecule has 7 heteroatoms. The molecule has 108 valence electrons. The van der Waals surface area contributed by atoms with Gasteiger partial charge in [0.25, 0.3) is 5.91 Å². The van der Waals surface area contributed by atoms with Crippen LogP contribution in [0.1, 0.15) is 20.7 Å². The molecule has 2 N–H and O–H groups in total. The van der Waals surface area contributed by atoms with Gasteiger partial charge >= 0.3 is 5.97 Å². The molecule has 0 aliphatic heterocycles. The lowest BCUT2D eigenvalue weighted by Gasteiger charge is -2.08. The molecule has 0 aromatic heterocycles. The Morgan fingerprint density at radius 2 is 1.90 bits per heavy atom. The summed E-state index contributed by atoms with van der Waals surface area (Å²) in [5.41, 5.74) is 0.00151. The Morgan fingerprint density at radius 3 is 2.57 bits per heavy atom. The summed E-state index contributed by atoms with van der Waals surface area (Å²) in [6.45, 7) is 0. The standard InChI is InChI=1S/C14H8BrClFNO3/c15-10-5-4-7(6-9(10)14(20)21)18-13(19)8-2-1-3-11(16)12(8)17/h1-6H,(H,18,19)(H,20,21). The first-order valence-electron chi connectivity index (χ1n) is 5.68. The zero-order valence-corrected chi connectivity index (χ0v) is 12.7. The summed E-state index contributed by atoms with van der Waals surface area (Å²) in [4.78, 5) is 23.0. The third kappa shape index (κ3) is 3.40. The van der Waals surface area contributed by atoms with Gasteiger partial charge in [0, 0.05) is 10.2 Å². The molecule has 0 saturated heterocycles. The largest absolute Gasteiger partial charge is 0.478 e. The van der Waals surface area contributed by atoms with Crippen LogP contribution in [0.4, 0.5) is 10.1 Å². The molecule has 0 radical (unpaired) electrons. The fraction of sp³-hybridized carbons (Fsp3) is 0. The number of aromatic carboxylic acids is 1. The minimum Gasteiger partial charge on any atom is -0.478 e. The fourth-order valence-electron chi connectivity index (χ4n) is 1.64. The molecule has 0 bridgehead atoms. The molecular formula is C14H8BrClFNO3. The van der Waals surface area contributed by atoms with Crippen LogP contribution in [0.2, 0.25) is 5.02 Å². The predicted octanol–water partition coefficient (Wildman–Crippen LogP) is 4.19. The van der Waals surface area contributed by atoms with Crippen LogP contribution in [0.25, 0.3) is 0 Å². The van der Waals surface area contributed by atoms with Gasteiger partial charge in [-0.1, -0.05) is 17.7 Å². The van der Waals surface area contributed by atoms with Crippen molar-refractivity contribution >= 4 is 45.1 Å². The highest BCUT2D eigenvalue weighted by atomic mass is 79.9. The Kier molecular flexibility index (Phi) is 4.59. The molecule has 0 unspecified atom stereocenters. The molecule has 2 aromatic rings. The number of amides is 1. The van der Waals surface area contributed by atoms with Crippen molar-refractivity contribution in [2.75, 3.05) is 5.32 Å². The van der Waals surface area contributed by atoms with Gasteiger partial charge < -0.3 is 10.4 Å². The lowest BCUT2D eigenvalue weighted by molar-refractivity contribution is 0.0695. The van der Waals surface area contributed by atoms with E-state index in [4.69, 9.17) is 16.7 Å². The van der Waals surface area contributed by atoms with Crippen molar-refractivity contribution in [2.45, 2.75) is 0 Å². The first-order valence-corrected chi connectivity index (χ1v) is 6.85. The van der Waals surface area contributed by atoms with Crippen LogP contribution in [0, 0.1) is 5.82 Å². The van der Waals surface area contributed by atoms with Gasteiger partial charge in [0.05, 0.1) is 16.1 Å². The van der Waals surface area contributed by atoms with E-state index < -0.39 is 17.7 Å². The highest BCUT2D eigenvalue weighted by Crippen LogP contribution is 2.23. The summed E-state index contributed by atoms with van der Waals surface area (Å²) in [6, 6.07) is 8.31. The summed E-state index contributed by atoms with van der Waals surface area (Å²) in [6.07, 6.45) is 0. The number of carboxylic acid groups (broad SMARTS) is 1. The van der Waals surface area contributed by atoms with Crippen molar-refractivity contribution in [1.82, 2.24) is 0 Å². The fourth-order valence-corrected chi connectivity index (χ4v) is 2.24. The van der Waals surface area contributed by atoms with Crippen LogP contribution in [-0.2, 0) is 0 Å². The number of hydrogen-bond acceptors (Lipinski definition) is 2. The molecule has 21 heavy (non-hydrogen) atoms. The molecule has 0 atom stereocenters. The van der Waals surface area contributed by atoms with Gasteiger partial charge in [-0.3, -0.25) is 4.79 Å². The van der Waals surface area contributed by atoms with Gasteiger partial charge in [-0.05, 0) is 46.3 Å². The summed E-state index contributed by atoms with van der Waals surface area (Å²) in [7, 11) is 0. The molecule has 0 spiro atoms. The molecule has 0 aliphatic carbocycles. The zero-order valence-electron chi connectivity index (χ0n) is 10.4. The number of benzene rings is 2. The Hall–Kier alpha value is -1.92. The predicted molar refractivity (Wildman–Crippen MR) is 80.5 cm³/mol. The summed E-state index contributed by atoms with van der Waals surface area (Å²) in [5, 5.41) is 11.3. The number of hydrogen-bond donors (Lipinski definition) is 2. The summed E-state index contributed by atoms with van der Waals surface area (Å²) in [5.74, 6) is -2.69. The highest BCUT2D eigenvalue weighted by molar-refractivity contribution is 9.10. The number of carboxylic acids is 1. The monoisotopic (exact) mass is 371 g/mol. The first kappa shape index (κ1) is 15.5. The number of halogens is 3. The topological polar surface area (TPSA) is 66.4 Å². The first-order chi connectivity index (χ1) is 9.90. The Labute approximate surface area is 132 Å². The second kappa shape index (κ2) is 6.24. The maximum Gasteiger partial charge on any atom is 0.336 e. The van der Waals surface area contributed by atoms with Crippen LogP contribution in [0.3, 0.4) is 0 Å². The molecule has 0 heterocycles. The minimum absolute atomic E-state index is 0.0145. The van der Waals surface area contributed by atoms with E-state index in [1.807, 2.05) is 0 Å². The van der Waals surface area contributed by atoms with Gasteiger partial charge in [-0.25, -0.2) is 9.18 Å². The molecule has 0 saturated carbocycles. The van der Waals surface area contributed by atoms with Crippen LogP contribution in [0.15, 0.2) is 40.9 Å². The van der Waals surface area contributed by atoms with Crippen molar-refractivity contribution in [2.24, 2.45) is 0 Å². The summed E-state index contributed by atoms with van der Waals surface area (Å²) >= 11 is 8.70. The number of nitrogens with one attached hydrogen (secondary N) is 1.